The number of methoxy groups -OCH3 is 1. The third kappa shape index (κ3) is 5.20. The number of ether oxygens (including phenoxy) is 2. The zero-order chi connectivity index (χ0) is 19.1. The van der Waals surface area contributed by atoms with Crippen molar-refractivity contribution in [2.24, 2.45) is 0 Å². The Morgan fingerprint density at radius 3 is 2.65 bits per heavy atom. The lowest BCUT2D eigenvalue weighted by atomic mass is 10.1. The minimum absolute atomic E-state index is 0.161. The highest BCUT2D eigenvalue weighted by atomic mass is 19.1. The van der Waals surface area contributed by atoms with Crippen LogP contribution in [0.5, 0.6) is 11.5 Å². The van der Waals surface area contributed by atoms with Crippen LogP contribution in [0.2, 0.25) is 0 Å². The molecule has 2 rings (SSSR count). The fraction of sp³-hybridized carbons (Fsp3) is 0.350. The first-order chi connectivity index (χ1) is 12.4. The largest absolute Gasteiger partial charge is 0.493 e. The smallest absolute Gasteiger partial charge is 0.282 e. The highest BCUT2D eigenvalue weighted by Crippen LogP contribution is 2.27. The van der Waals surface area contributed by atoms with Gasteiger partial charge >= 0.3 is 0 Å². The molecule has 0 saturated heterocycles. The first-order valence-electron chi connectivity index (χ1n) is 8.63. The molecule has 0 radical (unpaired) electrons. The summed E-state index contributed by atoms with van der Waals surface area (Å²) in [6.07, 6.45) is 0. The Kier molecular flexibility index (Phi) is 6.97. The predicted molar refractivity (Wildman–Crippen MR) is 99.2 cm³/mol. The van der Waals surface area contributed by atoms with Gasteiger partial charge in [0.05, 0.1) is 20.8 Å². The van der Waals surface area contributed by atoms with E-state index in [1.807, 2.05) is 39.1 Å². The number of halogens is 1. The highest BCUT2D eigenvalue weighted by molar-refractivity contribution is 5.93. The maximum absolute atomic E-state index is 13.2. The number of amides is 1. The van der Waals surface area contributed by atoms with E-state index < -0.39 is 0 Å². The molecule has 26 heavy (non-hydrogen) atoms. The summed E-state index contributed by atoms with van der Waals surface area (Å²) in [5, 5.41) is 2.75. The third-order valence-electron chi connectivity index (χ3n) is 4.24. The molecule has 2 aromatic rings. The summed E-state index contributed by atoms with van der Waals surface area (Å²) in [5.74, 6) is 0.839. The summed E-state index contributed by atoms with van der Waals surface area (Å²) in [5.41, 5.74) is 1.49. The summed E-state index contributed by atoms with van der Waals surface area (Å²) in [7, 11) is 3.55. The molecule has 2 aromatic carbocycles. The lowest BCUT2D eigenvalue weighted by Crippen LogP contribution is -3.12. The molecule has 0 aliphatic heterocycles. The molecule has 0 aromatic heterocycles. The molecule has 6 heteroatoms. The van der Waals surface area contributed by atoms with E-state index in [-0.39, 0.29) is 17.8 Å². The van der Waals surface area contributed by atoms with E-state index >= 15 is 0 Å². The number of hydrogen-bond donors (Lipinski definition) is 2. The monoisotopic (exact) mass is 361 g/mol. The standard InChI is InChI=1S/C20H25FN2O3/c1-5-26-18-10-9-15(11-19(18)25-4)13-23(3)14(2)20(24)22-17-8-6-7-16(21)12-17/h6-12,14H,5,13H2,1-4H3,(H,22,24)/p+1/t14-/m0/s1. The van der Waals surface area contributed by atoms with Crippen LogP contribution >= 0.6 is 0 Å². The van der Waals surface area contributed by atoms with Crippen molar-refractivity contribution in [2.45, 2.75) is 26.4 Å². The summed E-state index contributed by atoms with van der Waals surface area (Å²) < 4.78 is 24.1. The van der Waals surface area contributed by atoms with Crippen LogP contribution in [0, 0.1) is 5.82 Å². The molecular weight excluding hydrogens is 335 g/mol. The molecule has 0 aliphatic carbocycles. The van der Waals surface area contributed by atoms with Gasteiger partial charge in [-0.25, -0.2) is 4.39 Å². The second-order valence-electron chi connectivity index (χ2n) is 6.16. The number of carbonyl (C=O) groups excluding carboxylic acids is 1. The van der Waals surface area contributed by atoms with Gasteiger partial charge in [0.2, 0.25) is 0 Å². The zero-order valence-corrected chi connectivity index (χ0v) is 15.6. The fourth-order valence-electron chi connectivity index (χ4n) is 2.61. The van der Waals surface area contributed by atoms with E-state index in [1.54, 1.807) is 19.2 Å². The van der Waals surface area contributed by atoms with Gasteiger partial charge in [-0.3, -0.25) is 4.79 Å². The van der Waals surface area contributed by atoms with Crippen LogP contribution in [-0.2, 0) is 11.3 Å². The molecule has 2 N–H and O–H groups in total. The van der Waals surface area contributed by atoms with Gasteiger partial charge in [-0.15, -0.1) is 0 Å². The minimum Gasteiger partial charge on any atom is -0.493 e. The van der Waals surface area contributed by atoms with Gasteiger partial charge in [0.1, 0.15) is 12.4 Å². The molecule has 0 saturated carbocycles. The van der Waals surface area contributed by atoms with Crippen LogP contribution < -0.4 is 19.7 Å². The van der Waals surface area contributed by atoms with E-state index in [1.165, 1.54) is 12.1 Å². The molecule has 1 amide bonds. The molecule has 0 fully saturated rings. The Labute approximate surface area is 153 Å². The molecule has 1 unspecified atom stereocenters. The first-order valence-corrected chi connectivity index (χ1v) is 8.63. The zero-order valence-electron chi connectivity index (χ0n) is 15.6. The quantitative estimate of drug-likeness (QED) is 0.758. The van der Waals surface area contributed by atoms with Crippen LogP contribution in [0.4, 0.5) is 10.1 Å². The lowest BCUT2D eigenvalue weighted by Gasteiger charge is -2.21. The highest BCUT2D eigenvalue weighted by Gasteiger charge is 2.22. The summed E-state index contributed by atoms with van der Waals surface area (Å²) >= 11 is 0. The Balaban J connectivity index is 2.01. The van der Waals surface area contributed by atoms with E-state index in [9.17, 15) is 9.18 Å². The van der Waals surface area contributed by atoms with E-state index in [0.29, 0.717) is 30.3 Å². The average Bonchev–Trinajstić information content (AvgIpc) is 2.62. The van der Waals surface area contributed by atoms with Crippen LogP contribution in [-0.4, -0.2) is 32.7 Å². The van der Waals surface area contributed by atoms with Gasteiger partial charge in [0.25, 0.3) is 5.91 Å². The number of carbonyl (C=O) groups is 1. The molecule has 0 spiro atoms. The minimum atomic E-state index is -0.377. The van der Waals surface area contributed by atoms with Crippen molar-refractivity contribution < 1.29 is 23.6 Å². The van der Waals surface area contributed by atoms with E-state index in [2.05, 4.69) is 5.32 Å². The van der Waals surface area contributed by atoms with Crippen LogP contribution in [0.1, 0.15) is 19.4 Å². The van der Waals surface area contributed by atoms with E-state index in [0.717, 1.165) is 10.5 Å². The molecule has 0 heterocycles. The van der Waals surface area contributed by atoms with Gasteiger partial charge in [0, 0.05) is 11.3 Å². The van der Waals surface area contributed by atoms with Crippen molar-refractivity contribution in [3.8, 4) is 11.5 Å². The van der Waals surface area contributed by atoms with Gasteiger partial charge < -0.3 is 19.7 Å². The Morgan fingerprint density at radius 2 is 2.00 bits per heavy atom. The summed E-state index contributed by atoms with van der Waals surface area (Å²) in [4.78, 5) is 13.4. The van der Waals surface area contributed by atoms with Crippen molar-refractivity contribution in [1.82, 2.24) is 0 Å². The lowest BCUT2D eigenvalue weighted by molar-refractivity contribution is -0.907. The number of likely N-dealkylation sites (N-methyl/N-ethyl adjacent to an activating group) is 1. The third-order valence-corrected chi connectivity index (χ3v) is 4.24. The molecule has 5 nitrogen and oxygen atoms in total. The van der Waals surface area contributed by atoms with Gasteiger partial charge in [-0.2, -0.15) is 0 Å². The predicted octanol–water partition coefficient (Wildman–Crippen LogP) is 2.27. The van der Waals surface area contributed by atoms with Gasteiger partial charge in [-0.05, 0) is 50.2 Å². The normalized spacial score (nSPS) is 13.0. The van der Waals surface area contributed by atoms with Crippen molar-refractivity contribution >= 4 is 11.6 Å². The number of nitrogens with one attached hydrogen (secondary N) is 2. The number of hydrogen-bond acceptors (Lipinski definition) is 3. The maximum atomic E-state index is 13.2. The van der Waals surface area contributed by atoms with Crippen molar-refractivity contribution in [2.75, 3.05) is 26.1 Å². The first kappa shape index (κ1) is 19.7. The van der Waals surface area contributed by atoms with Crippen LogP contribution in [0.3, 0.4) is 0 Å². The molecule has 0 bridgehead atoms. The van der Waals surface area contributed by atoms with Crippen LogP contribution in [0.15, 0.2) is 42.5 Å². The van der Waals surface area contributed by atoms with Gasteiger partial charge in [0.15, 0.2) is 17.5 Å². The maximum Gasteiger partial charge on any atom is 0.282 e. The molecule has 140 valence electrons. The molecule has 2 atom stereocenters. The van der Waals surface area contributed by atoms with Gasteiger partial charge in [-0.1, -0.05) is 6.07 Å². The Morgan fingerprint density at radius 1 is 1.23 bits per heavy atom. The summed E-state index contributed by atoms with van der Waals surface area (Å²) in [6.45, 7) is 4.97. The SMILES string of the molecule is CCOc1ccc(C[NH+](C)[C@@H](C)C(=O)Nc2cccc(F)c2)cc1OC. The number of quaternary nitrogens is 1. The van der Waals surface area contributed by atoms with Crippen molar-refractivity contribution in [3.63, 3.8) is 0 Å². The van der Waals surface area contributed by atoms with Crippen molar-refractivity contribution in [1.29, 1.82) is 0 Å². The topological polar surface area (TPSA) is 52.0 Å². The Hall–Kier alpha value is -2.60. The van der Waals surface area contributed by atoms with Crippen molar-refractivity contribution in [3.05, 3.63) is 53.8 Å². The molecular formula is C20H26FN2O3+. The molecule has 0 aliphatic rings. The number of anilines is 1. The second kappa shape index (κ2) is 9.20. The average molecular weight is 361 g/mol. The second-order valence-corrected chi connectivity index (χ2v) is 6.16. The summed E-state index contributed by atoms with van der Waals surface area (Å²) in [6, 6.07) is 11.3. The van der Waals surface area contributed by atoms with E-state index in [4.69, 9.17) is 9.47 Å². The Bertz CT molecular complexity index is 752. The fourth-order valence-corrected chi connectivity index (χ4v) is 2.61. The number of benzene rings is 2. The van der Waals surface area contributed by atoms with Crippen LogP contribution in [0.25, 0.3) is 0 Å². The number of rotatable bonds is 8.